The summed E-state index contributed by atoms with van der Waals surface area (Å²) in [5.41, 5.74) is 1.57. The second-order valence-corrected chi connectivity index (χ2v) is 9.68. The molecule has 2 aliphatic rings. The number of rotatable bonds is 6. The highest BCUT2D eigenvalue weighted by Crippen LogP contribution is 2.27. The molecule has 1 N–H and O–H groups in total. The number of carbonyl (C=O) groups excluding carboxylic acids is 2. The van der Waals surface area contributed by atoms with E-state index in [1.54, 1.807) is 14.1 Å². The van der Waals surface area contributed by atoms with Crippen molar-refractivity contribution >= 4 is 29.1 Å². The van der Waals surface area contributed by atoms with Crippen LogP contribution < -0.4 is 4.90 Å². The van der Waals surface area contributed by atoms with Crippen LogP contribution in [0.5, 0.6) is 0 Å². The molecule has 0 bridgehead atoms. The average Bonchev–Trinajstić information content (AvgIpc) is 2.82. The first-order valence-corrected chi connectivity index (χ1v) is 12.1. The Balaban J connectivity index is 1.50. The summed E-state index contributed by atoms with van der Waals surface area (Å²) < 4.78 is 0. The molecule has 3 rings (SSSR count). The van der Waals surface area contributed by atoms with Crippen LogP contribution in [0.1, 0.15) is 43.5 Å². The topological polar surface area (TPSA) is 67.3 Å². The zero-order valence-corrected chi connectivity index (χ0v) is 20.5. The lowest BCUT2D eigenvalue weighted by Crippen LogP contribution is -2.55. The van der Waals surface area contributed by atoms with E-state index in [2.05, 4.69) is 9.80 Å². The molecule has 0 spiro atoms. The fourth-order valence-electron chi connectivity index (χ4n) is 4.57. The number of piperazine rings is 1. The lowest BCUT2D eigenvalue weighted by atomic mass is 9.98. The summed E-state index contributed by atoms with van der Waals surface area (Å²) >= 11 is 6.39. The molecule has 0 aromatic heterocycles. The molecular weight excluding hydrogens is 428 g/mol. The quantitative estimate of drug-likeness (QED) is 0.700. The number of likely N-dealkylation sites (tertiary alicyclic amines) is 1. The molecule has 8 heteroatoms. The number of anilines is 1. The predicted octanol–water partition coefficient (Wildman–Crippen LogP) is 2.56. The van der Waals surface area contributed by atoms with E-state index in [-0.39, 0.29) is 17.7 Å². The average molecular weight is 465 g/mol. The number of hydrogen-bond acceptors (Lipinski definition) is 5. The predicted molar refractivity (Wildman–Crippen MR) is 128 cm³/mol. The van der Waals surface area contributed by atoms with E-state index in [1.807, 2.05) is 36.9 Å². The molecule has 0 radical (unpaired) electrons. The minimum atomic E-state index is -0.883. The minimum absolute atomic E-state index is 0.00290. The summed E-state index contributed by atoms with van der Waals surface area (Å²) in [6, 6.07) is 6.16. The van der Waals surface area contributed by atoms with Gasteiger partial charge in [0.25, 0.3) is 11.8 Å². The van der Waals surface area contributed by atoms with Crippen LogP contribution in [0.2, 0.25) is 5.02 Å². The van der Waals surface area contributed by atoms with E-state index in [1.165, 1.54) is 4.90 Å². The third-order valence-corrected chi connectivity index (χ3v) is 7.31. The number of aliphatic hydroxyl groups excluding tert-OH is 1. The number of benzene rings is 1. The fraction of sp³-hybridized carbons (Fsp3) is 0.667. The van der Waals surface area contributed by atoms with Gasteiger partial charge < -0.3 is 19.8 Å². The molecule has 2 amide bonds. The van der Waals surface area contributed by atoms with Gasteiger partial charge in [0.15, 0.2) is 0 Å². The van der Waals surface area contributed by atoms with Gasteiger partial charge in [0.1, 0.15) is 6.10 Å². The van der Waals surface area contributed by atoms with Crippen LogP contribution in [0, 0.1) is 5.92 Å². The summed E-state index contributed by atoms with van der Waals surface area (Å²) in [6.07, 6.45) is 1.82. The van der Waals surface area contributed by atoms with Crippen LogP contribution >= 0.6 is 11.6 Å². The van der Waals surface area contributed by atoms with Gasteiger partial charge in [-0.2, -0.15) is 0 Å². The first kappa shape index (κ1) is 24.8. The van der Waals surface area contributed by atoms with Crippen molar-refractivity contribution < 1.29 is 14.7 Å². The molecule has 2 unspecified atom stereocenters. The Hall–Kier alpha value is -1.83. The number of amides is 2. The second kappa shape index (κ2) is 10.9. The van der Waals surface area contributed by atoms with E-state index < -0.39 is 6.10 Å². The van der Waals surface area contributed by atoms with Gasteiger partial charge in [-0.15, -0.1) is 0 Å². The highest BCUT2D eigenvalue weighted by Gasteiger charge is 2.32. The smallest absolute Gasteiger partial charge is 0.254 e. The standard InChI is InChI=1S/C24H37ClN4O3/c1-5-17(2)22(30)24(32)29-10-8-18(9-11-29)27-12-14-28(15-13-27)19-6-7-20(21(25)16-19)23(31)26(3)4/h6-7,16-18,22,30H,5,8-15H2,1-4H3. The number of halogens is 1. The molecule has 178 valence electrons. The molecule has 0 aliphatic carbocycles. The molecule has 1 aromatic rings. The summed E-state index contributed by atoms with van der Waals surface area (Å²) in [4.78, 5) is 32.9. The normalized spacial score (nSPS) is 20.2. The first-order chi connectivity index (χ1) is 15.2. The maximum atomic E-state index is 12.5. The number of aliphatic hydroxyl groups is 1. The molecule has 0 saturated carbocycles. The van der Waals surface area contributed by atoms with Crippen molar-refractivity contribution in [2.45, 2.75) is 45.3 Å². The lowest BCUT2D eigenvalue weighted by Gasteiger charge is -2.43. The van der Waals surface area contributed by atoms with Crippen LogP contribution in [0.4, 0.5) is 5.69 Å². The molecule has 1 aromatic carbocycles. The largest absolute Gasteiger partial charge is 0.383 e. The van der Waals surface area contributed by atoms with Gasteiger partial charge in [-0.3, -0.25) is 14.5 Å². The van der Waals surface area contributed by atoms with Gasteiger partial charge in [0.05, 0.1) is 10.6 Å². The number of hydrogen-bond donors (Lipinski definition) is 1. The Labute approximate surface area is 196 Å². The molecule has 2 atom stereocenters. The van der Waals surface area contributed by atoms with E-state index in [0.717, 1.165) is 51.1 Å². The monoisotopic (exact) mass is 464 g/mol. The Kier molecular flexibility index (Phi) is 8.42. The molecule has 2 heterocycles. The molecule has 7 nitrogen and oxygen atoms in total. The Morgan fingerprint density at radius 1 is 1.12 bits per heavy atom. The summed E-state index contributed by atoms with van der Waals surface area (Å²) in [7, 11) is 3.44. The Morgan fingerprint density at radius 2 is 1.75 bits per heavy atom. The zero-order valence-electron chi connectivity index (χ0n) is 19.8. The first-order valence-electron chi connectivity index (χ1n) is 11.7. The van der Waals surface area contributed by atoms with Gasteiger partial charge in [-0.05, 0) is 37.0 Å². The third kappa shape index (κ3) is 5.56. The van der Waals surface area contributed by atoms with Crippen molar-refractivity contribution in [3.63, 3.8) is 0 Å². The van der Waals surface area contributed by atoms with Gasteiger partial charge >= 0.3 is 0 Å². The van der Waals surface area contributed by atoms with Crippen molar-refractivity contribution in [1.82, 2.24) is 14.7 Å². The molecule has 32 heavy (non-hydrogen) atoms. The molecular formula is C24H37ClN4O3. The van der Waals surface area contributed by atoms with Crippen LogP contribution in [0.15, 0.2) is 18.2 Å². The summed E-state index contributed by atoms with van der Waals surface area (Å²) in [5, 5.41) is 10.7. The Morgan fingerprint density at radius 3 is 2.28 bits per heavy atom. The van der Waals surface area contributed by atoms with Gasteiger partial charge in [0, 0.05) is 65.1 Å². The lowest BCUT2D eigenvalue weighted by molar-refractivity contribution is -0.144. The van der Waals surface area contributed by atoms with E-state index in [9.17, 15) is 14.7 Å². The zero-order chi connectivity index (χ0) is 23.4. The minimum Gasteiger partial charge on any atom is -0.383 e. The van der Waals surface area contributed by atoms with Crippen LogP contribution in [-0.4, -0.2) is 97.1 Å². The van der Waals surface area contributed by atoms with Gasteiger partial charge in [-0.1, -0.05) is 31.9 Å². The van der Waals surface area contributed by atoms with Gasteiger partial charge in [0.2, 0.25) is 0 Å². The number of piperidine rings is 1. The maximum Gasteiger partial charge on any atom is 0.254 e. The van der Waals surface area contributed by atoms with Crippen molar-refractivity contribution in [3.05, 3.63) is 28.8 Å². The van der Waals surface area contributed by atoms with E-state index in [4.69, 9.17) is 11.6 Å². The van der Waals surface area contributed by atoms with Crippen LogP contribution in [-0.2, 0) is 4.79 Å². The molecule has 2 fully saturated rings. The third-order valence-electron chi connectivity index (χ3n) is 7.00. The van der Waals surface area contributed by atoms with E-state index in [0.29, 0.717) is 29.7 Å². The van der Waals surface area contributed by atoms with Crippen molar-refractivity contribution in [3.8, 4) is 0 Å². The van der Waals surface area contributed by atoms with Crippen molar-refractivity contribution in [2.75, 3.05) is 58.3 Å². The number of carbonyl (C=O) groups is 2. The van der Waals surface area contributed by atoms with E-state index >= 15 is 0 Å². The SMILES string of the molecule is CCC(C)C(O)C(=O)N1CCC(N2CCN(c3ccc(C(=O)N(C)C)c(Cl)c3)CC2)CC1. The fourth-order valence-corrected chi connectivity index (χ4v) is 4.82. The summed E-state index contributed by atoms with van der Waals surface area (Å²) in [6.45, 7) is 9.09. The van der Waals surface area contributed by atoms with Crippen molar-refractivity contribution in [1.29, 1.82) is 0 Å². The maximum absolute atomic E-state index is 12.5. The van der Waals surface area contributed by atoms with Crippen LogP contribution in [0.3, 0.4) is 0 Å². The second-order valence-electron chi connectivity index (χ2n) is 9.27. The van der Waals surface area contributed by atoms with Crippen molar-refractivity contribution in [2.24, 2.45) is 5.92 Å². The highest BCUT2D eigenvalue weighted by atomic mass is 35.5. The Bertz CT molecular complexity index is 802. The molecule has 2 aliphatic heterocycles. The highest BCUT2D eigenvalue weighted by molar-refractivity contribution is 6.34. The van der Waals surface area contributed by atoms with Crippen LogP contribution in [0.25, 0.3) is 0 Å². The molecule has 2 saturated heterocycles. The summed E-state index contributed by atoms with van der Waals surface area (Å²) in [5.74, 6) is -0.208. The number of nitrogens with zero attached hydrogens (tertiary/aromatic N) is 4. The van der Waals surface area contributed by atoms with Gasteiger partial charge in [-0.25, -0.2) is 0 Å².